The van der Waals surface area contributed by atoms with E-state index in [4.69, 9.17) is 16.3 Å². The Hall–Kier alpha value is -1.58. The summed E-state index contributed by atoms with van der Waals surface area (Å²) in [5, 5.41) is 3.15. The van der Waals surface area contributed by atoms with Crippen molar-refractivity contribution in [3.05, 3.63) is 58.4 Å². The van der Waals surface area contributed by atoms with Crippen LogP contribution in [0.15, 0.2) is 36.4 Å². The van der Waals surface area contributed by atoms with Crippen LogP contribution in [0.2, 0.25) is 5.02 Å². The third-order valence-electron chi connectivity index (χ3n) is 2.83. The molecule has 2 aromatic carbocycles. The predicted octanol–water partition coefficient (Wildman–Crippen LogP) is 4.30. The Kier molecular flexibility index (Phi) is 4.40. The topological polar surface area (TPSA) is 21.3 Å². The quantitative estimate of drug-likeness (QED) is 0.901. The molecular formula is C15H15ClFNO. The number of hydrogen-bond donors (Lipinski definition) is 1. The minimum absolute atomic E-state index is 0.0565. The first-order valence-electron chi connectivity index (χ1n) is 5.98. The van der Waals surface area contributed by atoms with Crippen LogP contribution in [0, 0.1) is 12.7 Å². The molecule has 0 unspecified atom stereocenters. The second kappa shape index (κ2) is 6.04. The molecule has 0 fully saturated rings. The highest BCUT2D eigenvalue weighted by Gasteiger charge is 2.09. The van der Waals surface area contributed by atoms with Crippen molar-refractivity contribution in [2.75, 3.05) is 7.05 Å². The maximum atomic E-state index is 13.7. The average Bonchev–Trinajstić information content (AvgIpc) is 2.38. The van der Waals surface area contributed by atoms with Gasteiger partial charge in [0.25, 0.3) is 0 Å². The minimum Gasteiger partial charge on any atom is -0.454 e. The van der Waals surface area contributed by atoms with Gasteiger partial charge in [-0.05, 0) is 49.4 Å². The van der Waals surface area contributed by atoms with E-state index in [1.54, 1.807) is 12.1 Å². The molecule has 0 saturated heterocycles. The lowest BCUT2D eigenvalue weighted by atomic mass is 10.1. The van der Waals surface area contributed by atoms with Crippen molar-refractivity contribution in [3.8, 4) is 11.5 Å². The molecule has 0 aliphatic carbocycles. The second-order valence-electron chi connectivity index (χ2n) is 4.27. The number of rotatable bonds is 4. The summed E-state index contributed by atoms with van der Waals surface area (Å²) < 4.78 is 19.2. The van der Waals surface area contributed by atoms with E-state index < -0.39 is 5.82 Å². The number of benzene rings is 2. The number of nitrogens with one attached hydrogen (secondary N) is 1. The van der Waals surface area contributed by atoms with Gasteiger partial charge in [-0.15, -0.1) is 0 Å². The van der Waals surface area contributed by atoms with Gasteiger partial charge in [-0.2, -0.15) is 0 Å². The fraction of sp³-hybridized carbons (Fsp3) is 0.200. The number of hydrogen-bond acceptors (Lipinski definition) is 2. The van der Waals surface area contributed by atoms with E-state index in [1.165, 1.54) is 11.6 Å². The van der Waals surface area contributed by atoms with Gasteiger partial charge in [0.15, 0.2) is 11.6 Å². The lowest BCUT2D eigenvalue weighted by Crippen LogP contribution is -2.06. The van der Waals surface area contributed by atoms with E-state index >= 15 is 0 Å². The first-order chi connectivity index (χ1) is 9.11. The Balaban J connectivity index is 2.24. The van der Waals surface area contributed by atoms with Crippen LogP contribution in [0.25, 0.3) is 0 Å². The molecular weight excluding hydrogens is 265 g/mol. The predicted molar refractivity (Wildman–Crippen MR) is 75.4 cm³/mol. The summed E-state index contributed by atoms with van der Waals surface area (Å²) in [6, 6.07) is 10.4. The molecule has 0 heterocycles. The van der Waals surface area contributed by atoms with Crippen LogP contribution in [0.4, 0.5) is 4.39 Å². The van der Waals surface area contributed by atoms with Crippen LogP contribution in [-0.2, 0) is 6.54 Å². The third kappa shape index (κ3) is 3.25. The second-order valence-corrected chi connectivity index (χ2v) is 4.68. The summed E-state index contributed by atoms with van der Waals surface area (Å²) >= 11 is 5.71. The fourth-order valence-electron chi connectivity index (χ4n) is 1.81. The molecule has 100 valence electrons. The zero-order chi connectivity index (χ0) is 13.8. The Morgan fingerprint density at radius 1 is 1.26 bits per heavy atom. The molecule has 0 saturated carbocycles. The third-order valence-corrected chi connectivity index (χ3v) is 3.12. The SMILES string of the molecule is CNCc1ccc(Oc2cccc(Cl)c2F)cc1C. The summed E-state index contributed by atoms with van der Waals surface area (Å²) in [7, 11) is 1.89. The zero-order valence-electron chi connectivity index (χ0n) is 10.8. The van der Waals surface area contributed by atoms with E-state index in [9.17, 15) is 4.39 Å². The van der Waals surface area contributed by atoms with Crippen molar-refractivity contribution in [1.29, 1.82) is 0 Å². The molecule has 0 amide bonds. The highest BCUT2D eigenvalue weighted by Crippen LogP contribution is 2.29. The van der Waals surface area contributed by atoms with Crippen LogP contribution in [0.5, 0.6) is 11.5 Å². The number of halogens is 2. The standard InChI is InChI=1S/C15H15ClFNO/c1-10-8-12(7-6-11(10)9-18-2)19-14-5-3-4-13(16)15(14)17/h3-8,18H,9H2,1-2H3. The van der Waals surface area contributed by atoms with E-state index in [0.29, 0.717) is 5.75 Å². The Morgan fingerprint density at radius 3 is 2.74 bits per heavy atom. The van der Waals surface area contributed by atoms with Gasteiger partial charge >= 0.3 is 0 Å². The Bertz CT molecular complexity index is 586. The molecule has 2 aromatic rings. The molecule has 0 atom stereocenters. The van der Waals surface area contributed by atoms with Gasteiger partial charge in [0.1, 0.15) is 5.75 Å². The first kappa shape index (κ1) is 13.8. The van der Waals surface area contributed by atoms with Crippen molar-refractivity contribution in [3.63, 3.8) is 0 Å². The molecule has 0 aliphatic rings. The Labute approximate surface area is 117 Å². The highest BCUT2D eigenvalue weighted by molar-refractivity contribution is 6.30. The Morgan fingerprint density at radius 2 is 2.05 bits per heavy atom. The van der Waals surface area contributed by atoms with Crippen LogP contribution in [-0.4, -0.2) is 7.05 Å². The summed E-state index contributed by atoms with van der Waals surface area (Å²) in [6.07, 6.45) is 0. The van der Waals surface area contributed by atoms with Crippen LogP contribution >= 0.6 is 11.6 Å². The number of ether oxygens (including phenoxy) is 1. The van der Waals surface area contributed by atoms with E-state index in [2.05, 4.69) is 5.32 Å². The zero-order valence-corrected chi connectivity index (χ0v) is 11.6. The van der Waals surface area contributed by atoms with Crippen LogP contribution in [0.3, 0.4) is 0 Å². The fourth-order valence-corrected chi connectivity index (χ4v) is 1.98. The van der Waals surface area contributed by atoms with Crippen molar-refractivity contribution >= 4 is 11.6 Å². The highest BCUT2D eigenvalue weighted by atomic mass is 35.5. The lowest BCUT2D eigenvalue weighted by Gasteiger charge is -2.10. The monoisotopic (exact) mass is 279 g/mol. The largest absolute Gasteiger partial charge is 0.454 e. The van der Waals surface area contributed by atoms with Gasteiger partial charge in [0.05, 0.1) is 5.02 Å². The molecule has 0 aliphatic heterocycles. The molecule has 2 rings (SSSR count). The van der Waals surface area contributed by atoms with E-state index in [0.717, 1.165) is 12.1 Å². The molecule has 2 nitrogen and oxygen atoms in total. The van der Waals surface area contributed by atoms with Gasteiger partial charge < -0.3 is 10.1 Å². The summed E-state index contributed by atoms with van der Waals surface area (Å²) in [4.78, 5) is 0. The minimum atomic E-state index is -0.541. The van der Waals surface area contributed by atoms with Gasteiger partial charge in [-0.3, -0.25) is 0 Å². The summed E-state index contributed by atoms with van der Waals surface area (Å²) in [5.41, 5.74) is 2.27. The van der Waals surface area contributed by atoms with Gasteiger partial charge in [-0.1, -0.05) is 23.7 Å². The van der Waals surface area contributed by atoms with Crippen molar-refractivity contribution < 1.29 is 9.13 Å². The van der Waals surface area contributed by atoms with Gasteiger partial charge in [0.2, 0.25) is 0 Å². The van der Waals surface area contributed by atoms with Crippen LogP contribution in [0.1, 0.15) is 11.1 Å². The lowest BCUT2D eigenvalue weighted by molar-refractivity contribution is 0.442. The van der Waals surface area contributed by atoms with Crippen molar-refractivity contribution in [1.82, 2.24) is 5.32 Å². The van der Waals surface area contributed by atoms with Gasteiger partial charge in [-0.25, -0.2) is 4.39 Å². The summed E-state index contributed by atoms with van der Waals surface area (Å²) in [5.74, 6) is 0.188. The average molecular weight is 280 g/mol. The van der Waals surface area contributed by atoms with Gasteiger partial charge in [0, 0.05) is 6.54 Å². The molecule has 1 N–H and O–H groups in total. The van der Waals surface area contributed by atoms with Crippen LogP contribution < -0.4 is 10.1 Å². The molecule has 4 heteroatoms. The smallest absolute Gasteiger partial charge is 0.184 e. The molecule has 0 bridgehead atoms. The number of aryl methyl sites for hydroxylation is 1. The van der Waals surface area contributed by atoms with Crippen molar-refractivity contribution in [2.45, 2.75) is 13.5 Å². The molecule has 19 heavy (non-hydrogen) atoms. The summed E-state index contributed by atoms with van der Waals surface area (Å²) in [6.45, 7) is 2.78. The maximum absolute atomic E-state index is 13.7. The van der Waals surface area contributed by atoms with Crippen molar-refractivity contribution in [2.24, 2.45) is 0 Å². The molecule has 0 aromatic heterocycles. The first-order valence-corrected chi connectivity index (χ1v) is 6.35. The van der Waals surface area contributed by atoms with E-state index in [-0.39, 0.29) is 10.8 Å². The van der Waals surface area contributed by atoms with E-state index in [1.807, 2.05) is 32.2 Å². The normalized spacial score (nSPS) is 10.5. The maximum Gasteiger partial charge on any atom is 0.184 e. The molecule has 0 radical (unpaired) electrons. The molecule has 0 spiro atoms.